The van der Waals surface area contributed by atoms with E-state index in [2.05, 4.69) is 13.8 Å². The fourth-order valence-electron chi connectivity index (χ4n) is 1.68. The Kier molecular flexibility index (Phi) is 3.43. The van der Waals surface area contributed by atoms with Crippen molar-refractivity contribution < 1.29 is 5.11 Å². The van der Waals surface area contributed by atoms with Crippen molar-refractivity contribution in [2.45, 2.75) is 40.0 Å². The van der Waals surface area contributed by atoms with Gasteiger partial charge in [0, 0.05) is 5.02 Å². The summed E-state index contributed by atoms with van der Waals surface area (Å²) in [5.74, 6) is 0.725. The third-order valence-corrected chi connectivity index (χ3v) is 3.02. The summed E-state index contributed by atoms with van der Waals surface area (Å²) >= 11 is 6.10. The second kappa shape index (κ2) is 4.22. The largest absolute Gasteiger partial charge is 0.507 e. The SMILES string of the molecule is CCc1c(C)c(Cl)cc(C(C)C)c1O. The third kappa shape index (κ3) is 1.88. The van der Waals surface area contributed by atoms with Gasteiger partial charge in [0.05, 0.1) is 0 Å². The Balaban J connectivity index is 3.42. The molecule has 0 aliphatic carbocycles. The zero-order valence-corrected chi connectivity index (χ0v) is 9.94. The molecule has 2 heteroatoms. The Bertz CT molecular complexity index is 343. The van der Waals surface area contributed by atoms with Crippen LogP contribution in [0.5, 0.6) is 5.75 Å². The Morgan fingerprint density at radius 1 is 1.43 bits per heavy atom. The number of halogens is 1. The van der Waals surface area contributed by atoms with Gasteiger partial charge in [-0.25, -0.2) is 0 Å². The van der Waals surface area contributed by atoms with E-state index in [0.29, 0.717) is 11.7 Å². The summed E-state index contributed by atoms with van der Waals surface area (Å²) in [7, 11) is 0. The van der Waals surface area contributed by atoms with Gasteiger partial charge in [-0.05, 0) is 42.0 Å². The van der Waals surface area contributed by atoms with Crippen LogP contribution < -0.4 is 0 Å². The monoisotopic (exact) mass is 212 g/mol. The van der Waals surface area contributed by atoms with E-state index in [9.17, 15) is 5.11 Å². The molecule has 1 N–H and O–H groups in total. The van der Waals surface area contributed by atoms with Gasteiger partial charge in [-0.2, -0.15) is 0 Å². The lowest BCUT2D eigenvalue weighted by atomic mass is 9.95. The Labute approximate surface area is 90.7 Å². The number of phenols is 1. The van der Waals surface area contributed by atoms with Gasteiger partial charge >= 0.3 is 0 Å². The molecule has 0 heterocycles. The van der Waals surface area contributed by atoms with Crippen LogP contribution in [-0.2, 0) is 6.42 Å². The molecule has 1 rings (SSSR count). The third-order valence-electron chi connectivity index (χ3n) is 2.63. The molecule has 0 aliphatic heterocycles. The maximum atomic E-state index is 10.0. The first-order valence-electron chi connectivity index (χ1n) is 4.99. The highest BCUT2D eigenvalue weighted by Gasteiger charge is 2.14. The molecule has 0 saturated heterocycles. The Morgan fingerprint density at radius 2 is 2.00 bits per heavy atom. The second-order valence-electron chi connectivity index (χ2n) is 3.91. The molecule has 14 heavy (non-hydrogen) atoms. The summed E-state index contributed by atoms with van der Waals surface area (Å²) in [6.07, 6.45) is 0.817. The molecule has 0 aliphatic rings. The van der Waals surface area contributed by atoms with Crippen LogP contribution in [0.4, 0.5) is 0 Å². The fourth-order valence-corrected chi connectivity index (χ4v) is 1.91. The van der Waals surface area contributed by atoms with Crippen LogP contribution in [-0.4, -0.2) is 5.11 Å². The predicted octanol–water partition coefficient (Wildman–Crippen LogP) is 4.04. The van der Waals surface area contributed by atoms with Crippen LogP contribution in [0.3, 0.4) is 0 Å². The van der Waals surface area contributed by atoms with Crippen molar-refractivity contribution in [3.8, 4) is 5.75 Å². The summed E-state index contributed by atoms with van der Waals surface area (Å²) in [5, 5.41) is 10.8. The van der Waals surface area contributed by atoms with E-state index >= 15 is 0 Å². The van der Waals surface area contributed by atoms with Crippen LogP contribution in [0.25, 0.3) is 0 Å². The summed E-state index contributed by atoms with van der Waals surface area (Å²) in [6, 6.07) is 1.87. The lowest BCUT2D eigenvalue weighted by molar-refractivity contribution is 0.458. The molecule has 0 radical (unpaired) electrons. The van der Waals surface area contributed by atoms with Crippen molar-refractivity contribution >= 4 is 11.6 Å². The molecule has 0 atom stereocenters. The smallest absolute Gasteiger partial charge is 0.122 e. The highest BCUT2D eigenvalue weighted by atomic mass is 35.5. The van der Waals surface area contributed by atoms with Gasteiger partial charge < -0.3 is 5.11 Å². The van der Waals surface area contributed by atoms with Crippen molar-refractivity contribution in [2.75, 3.05) is 0 Å². The second-order valence-corrected chi connectivity index (χ2v) is 4.32. The van der Waals surface area contributed by atoms with Crippen molar-refractivity contribution in [3.05, 3.63) is 27.8 Å². The fraction of sp³-hybridized carbons (Fsp3) is 0.500. The van der Waals surface area contributed by atoms with E-state index in [1.54, 1.807) is 0 Å². The maximum Gasteiger partial charge on any atom is 0.122 e. The lowest BCUT2D eigenvalue weighted by Gasteiger charge is -2.15. The normalized spacial score (nSPS) is 11.0. The van der Waals surface area contributed by atoms with Gasteiger partial charge in [0.15, 0.2) is 0 Å². The summed E-state index contributed by atoms with van der Waals surface area (Å²) in [6.45, 7) is 8.09. The summed E-state index contributed by atoms with van der Waals surface area (Å²) < 4.78 is 0. The van der Waals surface area contributed by atoms with E-state index in [-0.39, 0.29) is 0 Å². The number of hydrogen-bond donors (Lipinski definition) is 1. The van der Waals surface area contributed by atoms with E-state index in [0.717, 1.165) is 28.1 Å². The molecule has 0 saturated carbocycles. The molecule has 1 nitrogen and oxygen atoms in total. The molecule has 0 amide bonds. The Morgan fingerprint density at radius 3 is 2.43 bits per heavy atom. The van der Waals surface area contributed by atoms with Crippen molar-refractivity contribution in [1.82, 2.24) is 0 Å². The molecule has 0 bridgehead atoms. The van der Waals surface area contributed by atoms with E-state index < -0.39 is 0 Å². The zero-order valence-electron chi connectivity index (χ0n) is 9.19. The minimum absolute atomic E-state index is 0.304. The molecule has 0 fully saturated rings. The average molecular weight is 213 g/mol. The predicted molar refractivity (Wildman–Crippen MR) is 61.3 cm³/mol. The van der Waals surface area contributed by atoms with Gasteiger partial charge in [-0.3, -0.25) is 0 Å². The standard InChI is InChI=1S/C12H17ClO/c1-5-9-8(4)11(13)6-10(7(2)3)12(9)14/h6-7,14H,5H2,1-4H3. The molecule has 0 aromatic heterocycles. The number of aromatic hydroxyl groups is 1. The average Bonchev–Trinajstić information content (AvgIpc) is 2.12. The van der Waals surface area contributed by atoms with Gasteiger partial charge in [0.2, 0.25) is 0 Å². The van der Waals surface area contributed by atoms with Crippen LogP contribution in [0.2, 0.25) is 5.02 Å². The molecule has 78 valence electrons. The minimum Gasteiger partial charge on any atom is -0.507 e. The molecular formula is C12H17ClO. The Hall–Kier alpha value is -0.690. The number of phenolic OH excluding ortho intramolecular Hbond substituents is 1. The molecule has 1 aromatic carbocycles. The maximum absolute atomic E-state index is 10.0. The molecule has 0 unspecified atom stereocenters. The quantitative estimate of drug-likeness (QED) is 0.785. The highest BCUT2D eigenvalue weighted by molar-refractivity contribution is 6.31. The number of benzene rings is 1. The lowest BCUT2D eigenvalue weighted by Crippen LogP contribution is -1.96. The highest BCUT2D eigenvalue weighted by Crippen LogP contribution is 2.35. The van der Waals surface area contributed by atoms with Crippen LogP contribution in [0.1, 0.15) is 43.4 Å². The van der Waals surface area contributed by atoms with Gasteiger partial charge in [-0.1, -0.05) is 32.4 Å². The first kappa shape index (κ1) is 11.4. The van der Waals surface area contributed by atoms with Crippen LogP contribution >= 0.6 is 11.6 Å². The van der Waals surface area contributed by atoms with Crippen molar-refractivity contribution in [2.24, 2.45) is 0 Å². The van der Waals surface area contributed by atoms with Gasteiger partial charge in [0.25, 0.3) is 0 Å². The first-order valence-corrected chi connectivity index (χ1v) is 5.37. The summed E-state index contributed by atoms with van der Waals surface area (Å²) in [4.78, 5) is 0. The molecule has 0 spiro atoms. The van der Waals surface area contributed by atoms with Crippen molar-refractivity contribution in [1.29, 1.82) is 0 Å². The van der Waals surface area contributed by atoms with Crippen LogP contribution in [0.15, 0.2) is 6.07 Å². The van der Waals surface area contributed by atoms with E-state index in [4.69, 9.17) is 11.6 Å². The van der Waals surface area contributed by atoms with Gasteiger partial charge in [-0.15, -0.1) is 0 Å². The summed E-state index contributed by atoms with van der Waals surface area (Å²) in [5.41, 5.74) is 2.91. The first-order chi connectivity index (χ1) is 6.49. The van der Waals surface area contributed by atoms with E-state index in [1.807, 2.05) is 19.9 Å². The number of rotatable bonds is 2. The molecule has 1 aromatic rings. The molecular weight excluding hydrogens is 196 g/mol. The topological polar surface area (TPSA) is 20.2 Å². The van der Waals surface area contributed by atoms with Crippen molar-refractivity contribution in [3.63, 3.8) is 0 Å². The van der Waals surface area contributed by atoms with Gasteiger partial charge in [0.1, 0.15) is 5.75 Å². The number of hydrogen-bond acceptors (Lipinski definition) is 1. The van der Waals surface area contributed by atoms with E-state index in [1.165, 1.54) is 0 Å². The zero-order chi connectivity index (χ0) is 10.9. The minimum atomic E-state index is 0.304. The van der Waals surface area contributed by atoms with Crippen LogP contribution in [0, 0.1) is 6.92 Å².